The highest BCUT2D eigenvalue weighted by Gasteiger charge is 2.20. The van der Waals surface area contributed by atoms with Gasteiger partial charge in [0.25, 0.3) is 0 Å². The minimum absolute atomic E-state index is 0. The van der Waals surface area contributed by atoms with E-state index in [2.05, 4.69) is 75.1 Å². The molecule has 0 bridgehead atoms. The molecule has 0 aliphatic carbocycles. The van der Waals surface area contributed by atoms with Crippen molar-refractivity contribution >= 4 is 41.3 Å². The lowest BCUT2D eigenvalue weighted by Crippen LogP contribution is -2.50. The summed E-state index contributed by atoms with van der Waals surface area (Å²) in [6.07, 6.45) is 2.39. The topological polar surface area (TPSA) is 52.6 Å². The molecule has 1 aromatic heterocycles. The fourth-order valence-corrected chi connectivity index (χ4v) is 4.22. The van der Waals surface area contributed by atoms with Gasteiger partial charge in [-0.25, -0.2) is 4.98 Å². The molecule has 1 unspecified atom stereocenters. The summed E-state index contributed by atoms with van der Waals surface area (Å²) in [5, 5.41) is 10.3. The Kier molecular flexibility index (Phi) is 9.67. The first-order chi connectivity index (χ1) is 13.1. The van der Waals surface area contributed by atoms with Gasteiger partial charge in [0.1, 0.15) is 0 Å². The third-order valence-electron chi connectivity index (χ3n) is 4.82. The first-order valence-corrected chi connectivity index (χ1v) is 10.7. The van der Waals surface area contributed by atoms with E-state index in [9.17, 15) is 0 Å². The van der Waals surface area contributed by atoms with E-state index in [4.69, 9.17) is 0 Å². The van der Waals surface area contributed by atoms with E-state index in [0.29, 0.717) is 18.5 Å². The Morgan fingerprint density at radius 2 is 2.11 bits per heavy atom. The molecule has 2 aromatic rings. The van der Waals surface area contributed by atoms with E-state index in [1.54, 1.807) is 11.3 Å². The molecule has 2 N–H and O–H groups in total. The predicted molar refractivity (Wildman–Crippen MR) is 130 cm³/mol. The van der Waals surface area contributed by atoms with Crippen LogP contribution >= 0.6 is 35.3 Å². The number of hydrogen-bond acceptors (Lipinski definition) is 4. The van der Waals surface area contributed by atoms with Crippen LogP contribution < -0.4 is 10.6 Å². The highest BCUT2D eigenvalue weighted by atomic mass is 127. The zero-order valence-electron chi connectivity index (χ0n) is 17.0. The molecule has 0 radical (unpaired) electrons. The first kappa shape index (κ1) is 23.1. The normalized spacial score (nSPS) is 18.0. The summed E-state index contributed by atoms with van der Waals surface area (Å²) in [6.45, 7) is 8.30. The molecular formula is C21H32IN5S. The van der Waals surface area contributed by atoms with Crippen LogP contribution in [0.5, 0.6) is 0 Å². The van der Waals surface area contributed by atoms with Crippen molar-refractivity contribution in [3.63, 3.8) is 0 Å². The number of aliphatic imine (C=N–C) groups is 1. The van der Waals surface area contributed by atoms with E-state index < -0.39 is 0 Å². The number of hydrogen-bond donors (Lipinski definition) is 2. The molecule has 5 nitrogen and oxygen atoms in total. The Morgan fingerprint density at radius 3 is 2.79 bits per heavy atom. The number of thiazole rings is 1. The zero-order valence-corrected chi connectivity index (χ0v) is 20.2. The van der Waals surface area contributed by atoms with Crippen LogP contribution in [0.1, 0.15) is 48.9 Å². The van der Waals surface area contributed by atoms with Crippen LogP contribution in [-0.4, -0.2) is 42.0 Å². The molecule has 1 saturated heterocycles. The maximum Gasteiger partial charge on any atom is 0.191 e. The van der Waals surface area contributed by atoms with Gasteiger partial charge in [-0.3, -0.25) is 9.89 Å². The highest BCUT2D eigenvalue weighted by molar-refractivity contribution is 14.0. The number of nitrogens with one attached hydrogen (secondary N) is 2. The van der Waals surface area contributed by atoms with Gasteiger partial charge in [0.15, 0.2) is 5.96 Å². The van der Waals surface area contributed by atoms with E-state index in [1.807, 2.05) is 7.05 Å². The molecule has 1 aliphatic heterocycles. The number of piperidine rings is 1. The van der Waals surface area contributed by atoms with Crippen molar-refractivity contribution in [3.05, 3.63) is 52.0 Å². The second kappa shape index (κ2) is 11.7. The second-order valence-electron chi connectivity index (χ2n) is 7.46. The monoisotopic (exact) mass is 513 g/mol. The molecule has 0 amide bonds. The van der Waals surface area contributed by atoms with Gasteiger partial charge >= 0.3 is 0 Å². The molecule has 154 valence electrons. The lowest BCUT2D eigenvalue weighted by molar-refractivity contribution is 0.192. The van der Waals surface area contributed by atoms with Crippen molar-refractivity contribution < 1.29 is 0 Å². The maximum atomic E-state index is 4.69. The van der Waals surface area contributed by atoms with E-state index in [-0.39, 0.29) is 24.0 Å². The number of guanidine groups is 1. The quantitative estimate of drug-likeness (QED) is 0.345. The van der Waals surface area contributed by atoms with Crippen LogP contribution in [0.4, 0.5) is 0 Å². The summed E-state index contributed by atoms with van der Waals surface area (Å²) in [5.41, 5.74) is 2.46. The molecule has 3 rings (SSSR count). The van der Waals surface area contributed by atoms with Crippen LogP contribution in [0.25, 0.3) is 0 Å². The molecule has 2 heterocycles. The minimum Gasteiger partial charge on any atom is -0.352 e. The first-order valence-electron chi connectivity index (χ1n) is 9.82. The van der Waals surface area contributed by atoms with E-state index in [1.165, 1.54) is 23.4 Å². The highest BCUT2D eigenvalue weighted by Crippen LogP contribution is 2.19. The van der Waals surface area contributed by atoms with Gasteiger partial charge in [0, 0.05) is 37.5 Å². The molecule has 1 fully saturated rings. The van der Waals surface area contributed by atoms with Crippen molar-refractivity contribution in [2.24, 2.45) is 4.99 Å². The fraction of sp³-hybridized carbons (Fsp3) is 0.524. The van der Waals surface area contributed by atoms with Gasteiger partial charge in [0.05, 0.1) is 17.2 Å². The smallest absolute Gasteiger partial charge is 0.191 e. The Morgan fingerprint density at radius 1 is 1.32 bits per heavy atom. The second-order valence-corrected chi connectivity index (χ2v) is 8.35. The minimum atomic E-state index is 0. The number of rotatable bonds is 6. The summed E-state index contributed by atoms with van der Waals surface area (Å²) < 4.78 is 0. The van der Waals surface area contributed by atoms with Gasteiger partial charge in [0.2, 0.25) is 0 Å². The van der Waals surface area contributed by atoms with Crippen molar-refractivity contribution in [1.29, 1.82) is 0 Å². The summed E-state index contributed by atoms with van der Waals surface area (Å²) >= 11 is 1.74. The van der Waals surface area contributed by atoms with Gasteiger partial charge in [-0.1, -0.05) is 44.2 Å². The van der Waals surface area contributed by atoms with Gasteiger partial charge < -0.3 is 10.6 Å². The lowest BCUT2D eigenvalue weighted by Gasteiger charge is -2.34. The molecule has 7 heteroatoms. The van der Waals surface area contributed by atoms with Crippen molar-refractivity contribution in [2.45, 2.75) is 51.7 Å². The standard InChI is InChI=1S/C21H31N5S.HI/c1-16(2)20-24-19(15-27-20)12-23-21(22-3)25-18-10-7-11-26(14-18)13-17-8-5-4-6-9-17;/h4-6,8-9,15-16,18H,7,10-14H2,1-3H3,(H2,22,23,25);1H. The van der Waals surface area contributed by atoms with Gasteiger partial charge in [-0.2, -0.15) is 0 Å². The average molecular weight is 513 g/mol. The van der Waals surface area contributed by atoms with Crippen molar-refractivity contribution in [3.8, 4) is 0 Å². The molecular weight excluding hydrogens is 481 g/mol. The summed E-state index contributed by atoms with van der Waals surface area (Å²) in [5.74, 6) is 1.35. The van der Waals surface area contributed by atoms with E-state index in [0.717, 1.165) is 31.3 Å². The Labute approximate surface area is 190 Å². The number of benzene rings is 1. The third-order valence-corrected chi connectivity index (χ3v) is 6.01. The third kappa shape index (κ3) is 7.00. The van der Waals surface area contributed by atoms with Crippen LogP contribution in [0.15, 0.2) is 40.7 Å². The summed E-state index contributed by atoms with van der Waals surface area (Å²) in [7, 11) is 1.83. The van der Waals surface area contributed by atoms with E-state index >= 15 is 0 Å². The number of aromatic nitrogens is 1. The van der Waals surface area contributed by atoms with Crippen LogP contribution in [0, 0.1) is 0 Å². The lowest BCUT2D eigenvalue weighted by atomic mass is 10.0. The summed E-state index contributed by atoms with van der Waals surface area (Å²) in [4.78, 5) is 11.6. The Bertz CT molecular complexity index is 731. The number of nitrogens with zero attached hydrogens (tertiary/aromatic N) is 3. The zero-order chi connectivity index (χ0) is 19.1. The van der Waals surface area contributed by atoms with Crippen molar-refractivity contribution in [2.75, 3.05) is 20.1 Å². The van der Waals surface area contributed by atoms with Crippen LogP contribution in [0.3, 0.4) is 0 Å². The summed E-state index contributed by atoms with van der Waals surface area (Å²) in [6, 6.07) is 11.1. The number of halogens is 1. The van der Waals surface area contributed by atoms with Gasteiger partial charge in [-0.15, -0.1) is 35.3 Å². The fourth-order valence-electron chi connectivity index (χ4n) is 3.39. The Hall–Kier alpha value is -1.19. The maximum absolute atomic E-state index is 4.69. The van der Waals surface area contributed by atoms with Crippen molar-refractivity contribution in [1.82, 2.24) is 20.5 Å². The van der Waals surface area contributed by atoms with Gasteiger partial charge in [-0.05, 0) is 24.9 Å². The largest absolute Gasteiger partial charge is 0.352 e. The average Bonchev–Trinajstić information content (AvgIpc) is 3.16. The van der Waals surface area contributed by atoms with Crippen LogP contribution in [-0.2, 0) is 13.1 Å². The molecule has 1 aliphatic rings. The SMILES string of the molecule is CN=C(NCc1csc(C(C)C)n1)NC1CCCN(Cc2ccccc2)C1.I. The molecule has 1 atom stereocenters. The van der Waals surface area contributed by atoms with Crippen LogP contribution in [0.2, 0.25) is 0 Å². The molecule has 0 saturated carbocycles. The molecule has 0 spiro atoms. The molecule has 28 heavy (non-hydrogen) atoms. The predicted octanol–water partition coefficient (Wildman–Crippen LogP) is 4.21. The molecule has 1 aromatic carbocycles. The number of likely N-dealkylation sites (tertiary alicyclic amines) is 1. The Balaban J connectivity index is 0.00000280.